The SMILES string of the molecule is CCCCOc1ccc([C@]2(C)CC(c3ccc(OCC)cc3)=C(C(=O)NS(=O)(=O)C3CC3)C(=O)N2)c(F)c1. The molecule has 38 heavy (non-hydrogen) atoms. The Morgan fingerprint density at radius 3 is 2.39 bits per heavy atom. The monoisotopic (exact) mass is 544 g/mol. The van der Waals surface area contributed by atoms with E-state index < -0.39 is 38.4 Å². The minimum Gasteiger partial charge on any atom is -0.494 e. The average Bonchev–Trinajstić information content (AvgIpc) is 3.70. The maximum Gasteiger partial charge on any atom is 0.270 e. The van der Waals surface area contributed by atoms with Gasteiger partial charge in [-0.15, -0.1) is 0 Å². The van der Waals surface area contributed by atoms with Crippen molar-refractivity contribution in [2.75, 3.05) is 13.2 Å². The van der Waals surface area contributed by atoms with E-state index >= 15 is 4.39 Å². The minimum atomic E-state index is -3.89. The van der Waals surface area contributed by atoms with E-state index in [0.29, 0.717) is 48.7 Å². The number of ether oxygens (including phenoxy) is 2. The first kappa shape index (κ1) is 27.6. The van der Waals surface area contributed by atoms with Crippen LogP contribution in [0, 0.1) is 5.82 Å². The number of hydrogen-bond donors (Lipinski definition) is 2. The lowest BCUT2D eigenvalue weighted by molar-refractivity contribution is -0.124. The third-order valence-electron chi connectivity index (χ3n) is 6.69. The fraction of sp³-hybridized carbons (Fsp3) is 0.429. The molecular weight excluding hydrogens is 511 g/mol. The first-order valence-electron chi connectivity index (χ1n) is 12.9. The Hall–Kier alpha value is -3.40. The van der Waals surface area contributed by atoms with Crippen LogP contribution >= 0.6 is 0 Å². The average molecular weight is 545 g/mol. The number of amides is 2. The van der Waals surface area contributed by atoms with Crippen molar-refractivity contribution in [2.45, 2.75) is 63.7 Å². The van der Waals surface area contributed by atoms with Gasteiger partial charge >= 0.3 is 0 Å². The van der Waals surface area contributed by atoms with Crippen molar-refractivity contribution in [1.29, 1.82) is 0 Å². The number of nitrogens with one attached hydrogen (secondary N) is 2. The Morgan fingerprint density at radius 1 is 1.11 bits per heavy atom. The van der Waals surface area contributed by atoms with Crippen LogP contribution in [0.3, 0.4) is 0 Å². The molecule has 2 amide bonds. The predicted octanol–water partition coefficient (Wildman–Crippen LogP) is 4.20. The predicted molar refractivity (Wildman–Crippen MR) is 142 cm³/mol. The number of hydrogen-bond acceptors (Lipinski definition) is 6. The number of halogens is 1. The fourth-order valence-electron chi connectivity index (χ4n) is 4.51. The Bertz CT molecular complexity index is 1350. The number of sulfonamides is 1. The molecule has 1 fully saturated rings. The number of benzene rings is 2. The molecular formula is C28H33FN2O6S. The maximum atomic E-state index is 15.3. The van der Waals surface area contributed by atoms with Gasteiger partial charge in [0.2, 0.25) is 10.0 Å². The van der Waals surface area contributed by atoms with Gasteiger partial charge in [-0.3, -0.25) is 9.59 Å². The smallest absolute Gasteiger partial charge is 0.270 e. The van der Waals surface area contributed by atoms with E-state index in [2.05, 4.69) is 10.0 Å². The molecule has 0 spiro atoms. The van der Waals surface area contributed by atoms with Crippen LogP contribution in [0.1, 0.15) is 64.0 Å². The van der Waals surface area contributed by atoms with Crippen molar-refractivity contribution in [3.05, 3.63) is 65.0 Å². The van der Waals surface area contributed by atoms with Gasteiger partial charge < -0.3 is 14.8 Å². The van der Waals surface area contributed by atoms with Crippen LogP contribution in [0.2, 0.25) is 0 Å². The highest BCUT2D eigenvalue weighted by atomic mass is 32.2. The van der Waals surface area contributed by atoms with Gasteiger partial charge in [0, 0.05) is 18.1 Å². The number of rotatable bonds is 11. The van der Waals surface area contributed by atoms with Gasteiger partial charge in [-0.1, -0.05) is 31.5 Å². The van der Waals surface area contributed by atoms with Crippen molar-refractivity contribution in [2.24, 2.45) is 0 Å². The molecule has 0 bridgehead atoms. The van der Waals surface area contributed by atoms with E-state index in [1.165, 1.54) is 6.07 Å². The summed E-state index contributed by atoms with van der Waals surface area (Å²) in [6, 6.07) is 11.3. The number of carbonyl (C=O) groups excluding carboxylic acids is 2. The summed E-state index contributed by atoms with van der Waals surface area (Å²) in [5.41, 5.74) is -0.456. The molecule has 2 N–H and O–H groups in total. The molecule has 2 aromatic rings. The van der Waals surface area contributed by atoms with Crippen molar-refractivity contribution in [3.63, 3.8) is 0 Å². The second kappa shape index (κ2) is 11.1. The molecule has 1 saturated carbocycles. The summed E-state index contributed by atoms with van der Waals surface area (Å²) >= 11 is 0. The topological polar surface area (TPSA) is 111 Å². The second-order valence-electron chi connectivity index (χ2n) is 9.79. The standard InChI is InChI=1S/C28H33FN2O6S/c1-4-6-15-37-20-11-14-23(24(29)16-20)28(3)17-22(18-7-9-19(10-8-18)36-5-2)25(26(32)30-28)27(33)31-38(34,35)21-12-13-21/h7-11,14,16,21H,4-6,12-13,15,17H2,1-3H3,(H,30,32)(H,31,33)/t28-/m0/s1. The summed E-state index contributed by atoms with van der Waals surface area (Å²) in [6.07, 6.45) is 2.77. The summed E-state index contributed by atoms with van der Waals surface area (Å²) < 4.78 is 53.4. The zero-order chi connectivity index (χ0) is 27.5. The van der Waals surface area contributed by atoms with Gasteiger partial charge in [0.15, 0.2) is 0 Å². The molecule has 204 valence electrons. The van der Waals surface area contributed by atoms with Crippen molar-refractivity contribution >= 4 is 27.4 Å². The molecule has 8 nitrogen and oxygen atoms in total. The van der Waals surface area contributed by atoms with Gasteiger partial charge in [-0.2, -0.15) is 0 Å². The summed E-state index contributed by atoms with van der Waals surface area (Å²) in [5, 5.41) is 2.12. The van der Waals surface area contributed by atoms with Crippen LogP contribution in [0.5, 0.6) is 11.5 Å². The first-order chi connectivity index (χ1) is 18.1. The number of unbranched alkanes of at least 4 members (excludes halogenated alkanes) is 1. The van der Waals surface area contributed by atoms with Crippen LogP contribution in [-0.2, 0) is 25.2 Å². The van der Waals surface area contributed by atoms with Crippen molar-refractivity contribution in [1.82, 2.24) is 10.0 Å². The van der Waals surface area contributed by atoms with Crippen molar-refractivity contribution in [3.8, 4) is 11.5 Å². The molecule has 1 heterocycles. The van der Waals surface area contributed by atoms with Crippen LogP contribution in [0.15, 0.2) is 48.0 Å². The highest BCUT2D eigenvalue weighted by Gasteiger charge is 2.43. The van der Waals surface area contributed by atoms with Crippen LogP contribution in [-0.4, -0.2) is 38.7 Å². The summed E-state index contributed by atoms with van der Waals surface area (Å²) in [5.74, 6) is -1.35. The summed E-state index contributed by atoms with van der Waals surface area (Å²) in [7, 11) is -3.89. The van der Waals surface area contributed by atoms with Gasteiger partial charge in [-0.25, -0.2) is 17.5 Å². The van der Waals surface area contributed by atoms with Crippen LogP contribution < -0.4 is 19.5 Å². The lowest BCUT2D eigenvalue weighted by atomic mass is 9.78. The van der Waals surface area contributed by atoms with E-state index in [0.717, 1.165) is 12.8 Å². The molecule has 2 aromatic carbocycles. The van der Waals surface area contributed by atoms with Gasteiger partial charge in [-0.05, 0) is 62.4 Å². The molecule has 2 aliphatic rings. The maximum absolute atomic E-state index is 15.3. The van der Waals surface area contributed by atoms with E-state index in [-0.39, 0.29) is 17.6 Å². The lowest BCUT2D eigenvalue weighted by Crippen LogP contribution is -2.51. The molecule has 1 aliphatic heterocycles. The molecule has 0 radical (unpaired) electrons. The van der Waals surface area contributed by atoms with Crippen molar-refractivity contribution < 1.29 is 31.9 Å². The Balaban J connectivity index is 1.72. The Labute approximate surface area is 222 Å². The largest absolute Gasteiger partial charge is 0.494 e. The first-order valence-corrected chi connectivity index (χ1v) is 14.4. The molecule has 1 aliphatic carbocycles. The zero-order valence-electron chi connectivity index (χ0n) is 21.8. The molecule has 1 atom stereocenters. The fourth-order valence-corrected chi connectivity index (χ4v) is 5.80. The van der Waals surface area contributed by atoms with Crippen LogP contribution in [0.4, 0.5) is 4.39 Å². The quantitative estimate of drug-likeness (QED) is 0.324. The van der Waals surface area contributed by atoms with E-state index in [4.69, 9.17) is 9.47 Å². The Morgan fingerprint density at radius 2 is 1.79 bits per heavy atom. The summed E-state index contributed by atoms with van der Waals surface area (Å²) in [4.78, 5) is 26.6. The van der Waals surface area contributed by atoms with Gasteiger partial charge in [0.05, 0.1) is 24.0 Å². The normalized spacial score (nSPS) is 19.6. The lowest BCUT2D eigenvalue weighted by Gasteiger charge is -2.37. The third-order valence-corrected chi connectivity index (χ3v) is 8.51. The minimum absolute atomic E-state index is 0.0475. The zero-order valence-corrected chi connectivity index (χ0v) is 22.6. The highest BCUT2D eigenvalue weighted by Crippen LogP contribution is 2.40. The van der Waals surface area contributed by atoms with Gasteiger partial charge in [0.25, 0.3) is 11.8 Å². The molecule has 10 heteroatoms. The van der Waals surface area contributed by atoms with Gasteiger partial charge in [0.1, 0.15) is 22.9 Å². The van der Waals surface area contributed by atoms with Crippen LogP contribution in [0.25, 0.3) is 5.57 Å². The highest BCUT2D eigenvalue weighted by molar-refractivity contribution is 7.91. The van der Waals surface area contributed by atoms with E-state index in [1.807, 2.05) is 13.8 Å². The van der Waals surface area contributed by atoms with E-state index in [1.54, 1.807) is 43.3 Å². The third kappa shape index (κ3) is 6.01. The molecule has 0 saturated heterocycles. The number of carbonyl (C=O) groups is 2. The second-order valence-corrected chi connectivity index (χ2v) is 11.8. The summed E-state index contributed by atoms with van der Waals surface area (Å²) in [6.45, 7) is 6.49. The molecule has 0 unspecified atom stereocenters. The Kier molecular flexibility index (Phi) is 8.10. The molecule has 4 rings (SSSR count). The van der Waals surface area contributed by atoms with E-state index in [9.17, 15) is 18.0 Å². The molecule has 0 aromatic heterocycles.